The SMILES string of the molecule is O=C(O)C1COOC1C(=O)O. The first-order chi connectivity index (χ1) is 5.13. The molecule has 0 bridgehead atoms. The number of aliphatic carboxylic acids is 2. The molecule has 0 aliphatic carbocycles. The smallest absolute Gasteiger partial charge is 0.337 e. The van der Waals surface area contributed by atoms with Gasteiger partial charge in [-0.05, 0) is 0 Å². The maximum Gasteiger partial charge on any atom is 0.337 e. The molecule has 1 fully saturated rings. The van der Waals surface area contributed by atoms with Crippen LogP contribution in [0.15, 0.2) is 0 Å². The highest BCUT2D eigenvalue weighted by Crippen LogP contribution is 2.17. The third kappa shape index (κ3) is 1.47. The van der Waals surface area contributed by atoms with E-state index in [1.54, 1.807) is 0 Å². The Morgan fingerprint density at radius 3 is 2.27 bits per heavy atom. The third-order valence-electron chi connectivity index (χ3n) is 1.35. The summed E-state index contributed by atoms with van der Waals surface area (Å²) in [5.74, 6) is -3.66. The molecule has 1 aliphatic heterocycles. The summed E-state index contributed by atoms with van der Waals surface area (Å²) < 4.78 is 0. The Labute approximate surface area is 61.3 Å². The molecule has 6 nitrogen and oxygen atoms in total. The van der Waals surface area contributed by atoms with E-state index in [1.165, 1.54) is 0 Å². The fourth-order valence-electron chi connectivity index (χ4n) is 0.754. The molecule has 0 spiro atoms. The molecule has 0 radical (unpaired) electrons. The molecule has 2 unspecified atom stereocenters. The zero-order valence-corrected chi connectivity index (χ0v) is 5.39. The van der Waals surface area contributed by atoms with E-state index in [-0.39, 0.29) is 6.61 Å². The summed E-state index contributed by atoms with van der Waals surface area (Å²) in [4.78, 5) is 29.0. The van der Waals surface area contributed by atoms with Crippen LogP contribution in [0.3, 0.4) is 0 Å². The first-order valence-corrected chi connectivity index (χ1v) is 2.87. The molecule has 6 heteroatoms. The van der Waals surface area contributed by atoms with Crippen LogP contribution in [0.5, 0.6) is 0 Å². The van der Waals surface area contributed by atoms with Gasteiger partial charge in [-0.15, -0.1) is 0 Å². The van der Waals surface area contributed by atoms with Crippen LogP contribution in [0.1, 0.15) is 0 Å². The van der Waals surface area contributed by atoms with Crippen molar-refractivity contribution in [2.45, 2.75) is 6.10 Å². The van der Waals surface area contributed by atoms with Gasteiger partial charge in [0.1, 0.15) is 5.92 Å². The molecule has 62 valence electrons. The van der Waals surface area contributed by atoms with Gasteiger partial charge in [-0.1, -0.05) is 0 Å². The summed E-state index contributed by atoms with van der Waals surface area (Å²) in [6.45, 7) is -0.216. The molecule has 1 rings (SSSR count). The fraction of sp³-hybridized carbons (Fsp3) is 0.600. The maximum atomic E-state index is 10.3. The number of carboxylic acid groups (broad SMARTS) is 2. The third-order valence-corrected chi connectivity index (χ3v) is 1.35. The van der Waals surface area contributed by atoms with Crippen molar-refractivity contribution < 1.29 is 29.6 Å². The van der Waals surface area contributed by atoms with Gasteiger partial charge in [0.15, 0.2) is 0 Å². The van der Waals surface area contributed by atoms with Gasteiger partial charge in [0.25, 0.3) is 0 Å². The van der Waals surface area contributed by atoms with Crippen molar-refractivity contribution >= 4 is 11.9 Å². The van der Waals surface area contributed by atoms with Crippen LogP contribution in [0, 0.1) is 5.92 Å². The lowest BCUT2D eigenvalue weighted by atomic mass is 10.1. The minimum absolute atomic E-state index is 0.216. The first-order valence-electron chi connectivity index (χ1n) is 2.87. The average Bonchev–Trinajstić information content (AvgIpc) is 2.32. The summed E-state index contributed by atoms with van der Waals surface area (Å²) in [7, 11) is 0. The van der Waals surface area contributed by atoms with Crippen molar-refractivity contribution in [3.8, 4) is 0 Å². The molecule has 1 aliphatic rings. The summed E-state index contributed by atoms with van der Waals surface area (Å²) >= 11 is 0. The standard InChI is InChI=1S/C5H6O6/c6-4(7)2-1-10-11-3(2)5(8)9/h2-3H,1H2,(H,6,7)(H,8,9). The molecule has 11 heavy (non-hydrogen) atoms. The van der Waals surface area contributed by atoms with Gasteiger partial charge >= 0.3 is 11.9 Å². The fourth-order valence-corrected chi connectivity index (χ4v) is 0.754. The molecule has 2 atom stereocenters. The Hall–Kier alpha value is -1.14. The van der Waals surface area contributed by atoms with Crippen molar-refractivity contribution in [3.05, 3.63) is 0 Å². The quantitative estimate of drug-likeness (QED) is 0.511. The van der Waals surface area contributed by atoms with Crippen LogP contribution >= 0.6 is 0 Å². The first kappa shape index (κ1) is 7.96. The second kappa shape index (κ2) is 2.85. The van der Waals surface area contributed by atoms with Crippen molar-refractivity contribution in [1.29, 1.82) is 0 Å². The predicted octanol–water partition coefficient (Wildman–Crippen LogP) is -0.898. The molecule has 0 aromatic rings. The van der Waals surface area contributed by atoms with Crippen LogP contribution in [-0.2, 0) is 19.4 Å². The van der Waals surface area contributed by atoms with E-state index in [4.69, 9.17) is 10.2 Å². The van der Waals surface area contributed by atoms with Gasteiger partial charge in [0, 0.05) is 0 Å². The van der Waals surface area contributed by atoms with Crippen molar-refractivity contribution in [1.82, 2.24) is 0 Å². The Balaban J connectivity index is 2.65. The van der Waals surface area contributed by atoms with Crippen molar-refractivity contribution in [3.63, 3.8) is 0 Å². The van der Waals surface area contributed by atoms with E-state index in [9.17, 15) is 9.59 Å². The molecule has 0 amide bonds. The van der Waals surface area contributed by atoms with E-state index in [2.05, 4.69) is 9.78 Å². The van der Waals surface area contributed by atoms with E-state index >= 15 is 0 Å². The van der Waals surface area contributed by atoms with Gasteiger partial charge in [-0.3, -0.25) is 4.79 Å². The van der Waals surface area contributed by atoms with Crippen LogP contribution in [0.25, 0.3) is 0 Å². The largest absolute Gasteiger partial charge is 0.481 e. The molecular weight excluding hydrogens is 156 g/mol. The minimum Gasteiger partial charge on any atom is -0.481 e. The zero-order valence-electron chi connectivity index (χ0n) is 5.39. The Bertz CT molecular complexity index is 167. The number of carbonyl (C=O) groups is 2. The molecular formula is C5H6O6. The second-order valence-corrected chi connectivity index (χ2v) is 2.08. The second-order valence-electron chi connectivity index (χ2n) is 2.08. The lowest BCUT2D eigenvalue weighted by Gasteiger charge is -2.04. The molecule has 0 saturated carbocycles. The number of rotatable bonds is 2. The highest BCUT2D eigenvalue weighted by atomic mass is 17.2. The van der Waals surface area contributed by atoms with Gasteiger partial charge in [0.2, 0.25) is 6.10 Å². The molecule has 1 heterocycles. The predicted molar refractivity (Wildman–Crippen MR) is 29.6 cm³/mol. The van der Waals surface area contributed by atoms with E-state index in [1.807, 2.05) is 0 Å². The van der Waals surface area contributed by atoms with Crippen LogP contribution in [-0.4, -0.2) is 34.9 Å². The molecule has 1 saturated heterocycles. The van der Waals surface area contributed by atoms with Crippen LogP contribution in [0.2, 0.25) is 0 Å². The van der Waals surface area contributed by atoms with Gasteiger partial charge in [0.05, 0.1) is 6.61 Å². The van der Waals surface area contributed by atoms with Crippen LogP contribution < -0.4 is 0 Å². The number of hydrogen-bond donors (Lipinski definition) is 2. The summed E-state index contributed by atoms with van der Waals surface area (Å²) in [5.41, 5.74) is 0. The van der Waals surface area contributed by atoms with E-state index < -0.39 is 24.0 Å². The molecule has 0 aromatic heterocycles. The zero-order chi connectivity index (χ0) is 8.43. The van der Waals surface area contributed by atoms with E-state index in [0.717, 1.165) is 0 Å². The summed E-state index contributed by atoms with van der Waals surface area (Å²) in [6.07, 6.45) is -1.38. The van der Waals surface area contributed by atoms with Gasteiger partial charge < -0.3 is 10.2 Å². The van der Waals surface area contributed by atoms with Crippen molar-refractivity contribution in [2.75, 3.05) is 6.61 Å². The van der Waals surface area contributed by atoms with Gasteiger partial charge in [-0.25, -0.2) is 14.6 Å². The highest BCUT2D eigenvalue weighted by molar-refractivity contribution is 5.82. The van der Waals surface area contributed by atoms with Gasteiger partial charge in [-0.2, -0.15) is 0 Å². The normalized spacial score (nSPS) is 30.2. The lowest BCUT2D eigenvalue weighted by molar-refractivity contribution is -0.273. The number of hydrogen-bond acceptors (Lipinski definition) is 4. The summed E-state index contributed by atoms with van der Waals surface area (Å²) in [5, 5.41) is 16.8. The van der Waals surface area contributed by atoms with Crippen LogP contribution in [0.4, 0.5) is 0 Å². The molecule has 2 N–H and O–H groups in total. The topological polar surface area (TPSA) is 93.1 Å². The lowest BCUT2D eigenvalue weighted by Crippen LogP contribution is -2.32. The molecule has 0 aromatic carbocycles. The van der Waals surface area contributed by atoms with E-state index in [0.29, 0.717) is 0 Å². The Kier molecular flexibility index (Phi) is 2.06. The summed E-state index contributed by atoms with van der Waals surface area (Å²) in [6, 6.07) is 0. The Morgan fingerprint density at radius 1 is 1.27 bits per heavy atom. The van der Waals surface area contributed by atoms with Crippen molar-refractivity contribution in [2.24, 2.45) is 5.92 Å². The minimum atomic E-state index is -1.38. The highest BCUT2D eigenvalue weighted by Gasteiger charge is 2.41. The number of carboxylic acids is 2. The Morgan fingerprint density at radius 2 is 1.91 bits per heavy atom. The average molecular weight is 162 g/mol. The maximum absolute atomic E-state index is 10.3. The monoisotopic (exact) mass is 162 g/mol.